The Bertz CT molecular complexity index is 637. The van der Waals surface area contributed by atoms with Crippen LogP contribution in [0, 0.1) is 0 Å². The third-order valence-electron chi connectivity index (χ3n) is 3.31. The first-order valence-electron chi connectivity index (χ1n) is 6.66. The van der Waals surface area contributed by atoms with Gasteiger partial charge in [-0.3, -0.25) is 9.69 Å². The number of aromatic nitrogens is 2. The molecule has 1 aliphatic rings. The molecule has 0 spiro atoms. The molecule has 1 heterocycles. The van der Waals surface area contributed by atoms with Gasteiger partial charge in [0.15, 0.2) is 5.82 Å². The lowest BCUT2D eigenvalue weighted by Gasteiger charge is -2.16. The van der Waals surface area contributed by atoms with E-state index in [1.165, 1.54) is 0 Å². The molecule has 0 aliphatic heterocycles. The van der Waals surface area contributed by atoms with E-state index in [0.717, 1.165) is 18.4 Å². The van der Waals surface area contributed by atoms with Crippen LogP contribution in [0.3, 0.4) is 0 Å². The van der Waals surface area contributed by atoms with Crippen molar-refractivity contribution in [3.05, 3.63) is 35.1 Å². The molecule has 1 N–H and O–H groups in total. The molecule has 0 bridgehead atoms. The zero-order valence-electron chi connectivity index (χ0n) is 11.2. The molecule has 3 rings (SSSR count). The number of nitrogens with zero attached hydrogens (tertiary/aromatic N) is 3. The van der Waals surface area contributed by atoms with Crippen molar-refractivity contribution in [3.63, 3.8) is 0 Å². The van der Waals surface area contributed by atoms with Gasteiger partial charge >= 0.3 is 5.97 Å². The quantitative estimate of drug-likeness (QED) is 0.883. The Morgan fingerprint density at radius 1 is 1.38 bits per heavy atom. The second-order valence-corrected chi connectivity index (χ2v) is 5.49. The monoisotopic (exact) mass is 307 g/mol. The molecule has 1 aromatic carbocycles. The van der Waals surface area contributed by atoms with Crippen LogP contribution in [0.5, 0.6) is 0 Å². The zero-order valence-corrected chi connectivity index (χ0v) is 12.0. The summed E-state index contributed by atoms with van der Waals surface area (Å²) in [6.07, 6.45) is 2.05. The number of carboxylic acid groups (broad SMARTS) is 1. The van der Waals surface area contributed by atoms with Crippen LogP contribution < -0.4 is 0 Å². The first kappa shape index (κ1) is 14.0. The zero-order chi connectivity index (χ0) is 14.8. The Morgan fingerprint density at radius 2 is 2.10 bits per heavy atom. The van der Waals surface area contributed by atoms with Gasteiger partial charge in [-0.05, 0) is 37.1 Å². The molecular weight excluding hydrogens is 294 g/mol. The molecule has 0 amide bonds. The van der Waals surface area contributed by atoms with Crippen molar-refractivity contribution >= 4 is 17.6 Å². The standard InChI is InChI=1S/C14H14ClN3O3/c15-10-3-1-9(2-4-10)14-16-12(17-21-14)7-18(8-13(19)20)11-5-6-11/h1-4,11H,5-8H2,(H,19,20). The molecule has 2 aromatic rings. The maximum atomic E-state index is 10.9. The lowest BCUT2D eigenvalue weighted by atomic mass is 10.2. The van der Waals surface area contributed by atoms with E-state index in [1.54, 1.807) is 24.3 Å². The van der Waals surface area contributed by atoms with Crippen LogP contribution in [0.1, 0.15) is 18.7 Å². The minimum absolute atomic E-state index is 0.00448. The molecule has 0 unspecified atom stereocenters. The van der Waals surface area contributed by atoms with Gasteiger partial charge in [0.05, 0.1) is 13.1 Å². The topological polar surface area (TPSA) is 79.5 Å². The fourth-order valence-corrected chi connectivity index (χ4v) is 2.26. The molecule has 1 aromatic heterocycles. The highest BCUT2D eigenvalue weighted by Gasteiger charge is 2.31. The van der Waals surface area contributed by atoms with E-state index in [-0.39, 0.29) is 6.54 Å². The van der Waals surface area contributed by atoms with Crippen molar-refractivity contribution in [2.75, 3.05) is 6.54 Å². The molecule has 0 atom stereocenters. The van der Waals surface area contributed by atoms with Crippen LogP contribution in [-0.4, -0.2) is 38.7 Å². The fourth-order valence-electron chi connectivity index (χ4n) is 2.14. The largest absolute Gasteiger partial charge is 0.480 e. The minimum atomic E-state index is -0.844. The van der Waals surface area contributed by atoms with Gasteiger partial charge in [-0.2, -0.15) is 4.98 Å². The maximum absolute atomic E-state index is 10.9. The van der Waals surface area contributed by atoms with Gasteiger partial charge in [0.25, 0.3) is 5.89 Å². The highest BCUT2D eigenvalue weighted by Crippen LogP contribution is 2.28. The summed E-state index contributed by atoms with van der Waals surface area (Å²) in [5.74, 6) is 0.0594. The van der Waals surface area contributed by atoms with Crippen LogP contribution in [0.25, 0.3) is 11.5 Å². The Balaban J connectivity index is 1.72. The maximum Gasteiger partial charge on any atom is 0.317 e. The number of benzene rings is 1. The number of hydrogen-bond acceptors (Lipinski definition) is 5. The predicted molar refractivity (Wildman–Crippen MR) is 75.8 cm³/mol. The van der Waals surface area contributed by atoms with Crippen LogP contribution in [-0.2, 0) is 11.3 Å². The van der Waals surface area contributed by atoms with Crippen molar-refractivity contribution in [1.82, 2.24) is 15.0 Å². The molecular formula is C14H14ClN3O3. The SMILES string of the molecule is O=C(O)CN(Cc1noc(-c2ccc(Cl)cc2)n1)C1CC1. The minimum Gasteiger partial charge on any atom is -0.480 e. The third kappa shape index (κ3) is 3.59. The van der Waals surface area contributed by atoms with E-state index in [2.05, 4.69) is 10.1 Å². The Morgan fingerprint density at radius 3 is 2.71 bits per heavy atom. The van der Waals surface area contributed by atoms with E-state index in [0.29, 0.717) is 29.3 Å². The number of carbonyl (C=O) groups is 1. The van der Waals surface area contributed by atoms with Crippen molar-refractivity contribution in [3.8, 4) is 11.5 Å². The highest BCUT2D eigenvalue weighted by molar-refractivity contribution is 6.30. The van der Waals surface area contributed by atoms with E-state index >= 15 is 0 Å². The van der Waals surface area contributed by atoms with Gasteiger partial charge in [0, 0.05) is 16.6 Å². The summed E-state index contributed by atoms with van der Waals surface area (Å²) in [6, 6.07) is 7.42. The van der Waals surface area contributed by atoms with Crippen molar-refractivity contribution in [2.45, 2.75) is 25.4 Å². The van der Waals surface area contributed by atoms with Gasteiger partial charge in [0.1, 0.15) is 0 Å². The first-order chi connectivity index (χ1) is 10.1. The lowest BCUT2D eigenvalue weighted by molar-refractivity contribution is -0.138. The van der Waals surface area contributed by atoms with Crippen LogP contribution in [0.15, 0.2) is 28.8 Å². The summed E-state index contributed by atoms with van der Waals surface area (Å²) >= 11 is 5.83. The average Bonchev–Trinajstić information content (AvgIpc) is 3.19. The van der Waals surface area contributed by atoms with E-state index < -0.39 is 5.97 Å². The van der Waals surface area contributed by atoms with Crippen molar-refractivity contribution < 1.29 is 14.4 Å². The van der Waals surface area contributed by atoms with Gasteiger partial charge in [-0.25, -0.2) is 0 Å². The van der Waals surface area contributed by atoms with Gasteiger partial charge < -0.3 is 9.63 Å². The second kappa shape index (κ2) is 5.83. The molecule has 0 saturated heterocycles. The molecule has 21 heavy (non-hydrogen) atoms. The van der Waals surface area contributed by atoms with E-state index in [9.17, 15) is 4.79 Å². The Hall–Kier alpha value is -1.92. The highest BCUT2D eigenvalue weighted by atomic mass is 35.5. The van der Waals surface area contributed by atoms with Gasteiger partial charge in [-0.1, -0.05) is 16.8 Å². The number of aliphatic carboxylic acids is 1. The van der Waals surface area contributed by atoms with Crippen LogP contribution in [0.2, 0.25) is 5.02 Å². The summed E-state index contributed by atoms with van der Waals surface area (Å²) in [4.78, 5) is 17.0. The Kier molecular flexibility index (Phi) is 3.90. The molecule has 110 valence electrons. The summed E-state index contributed by atoms with van der Waals surface area (Å²) in [5.41, 5.74) is 0.786. The van der Waals surface area contributed by atoms with Crippen LogP contribution >= 0.6 is 11.6 Å². The fraction of sp³-hybridized carbons (Fsp3) is 0.357. The van der Waals surface area contributed by atoms with Crippen molar-refractivity contribution in [2.24, 2.45) is 0 Å². The Labute approximate surface area is 126 Å². The molecule has 1 saturated carbocycles. The number of halogens is 1. The molecule has 0 radical (unpaired) electrons. The molecule has 1 aliphatic carbocycles. The number of carboxylic acids is 1. The number of hydrogen-bond donors (Lipinski definition) is 1. The van der Waals surface area contributed by atoms with Gasteiger partial charge in [0.2, 0.25) is 0 Å². The summed E-state index contributed by atoms with van der Waals surface area (Å²) < 4.78 is 5.22. The summed E-state index contributed by atoms with van der Waals surface area (Å²) in [6.45, 7) is 0.379. The number of rotatable bonds is 6. The van der Waals surface area contributed by atoms with Crippen molar-refractivity contribution in [1.29, 1.82) is 0 Å². The van der Waals surface area contributed by atoms with Gasteiger partial charge in [-0.15, -0.1) is 0 Å². The molecule has 6 nitrogen and oxygen atoms in total. The normalized spacial score (nSPS) is 14.6. The van der Waals surface area contributed by atoms with Crippen LogP contribution in [0.4, 0.5) is 0 Å². The first-order valence-corrected chi connectivity index (χ1v) is 7.04. The summed E-state index contributed by atoms with van der Waals surface area (Å²) in [7, 11) is 0. The lowest BCUT2D eigenvalue weighted by Crippen LogP contribution is -2.31. The summed E-state index contributed by atoms with van der Waals surface area (Å²) in [5, 5.41) is 13.5. The predicted octanol–water partition coefficient (Wildman–Crippen LogP) is 2.44. The smallest absolute Gasteiger partial charge is 0.317 e. The van der Waals surface area contributed by atoms with E-state index in [4.69, 9.17) is 21.2 Å². The second-order valence-electron chi connectivity index (χ2n) is 5.05. The van der Waals surface area contributed by atoms with E-state index in [1.807, 2.05) is 4.90 Å². The third-order valence-corrected chi connectivity index (χ3v) is 3.56. The molecule has 1 fully saturated rings. The molecule has 7 heteroatoms. The average molecular weight is 308 g/mol.